The highest BCUT2D eigenvalue weighted by Gasteiger charge is 2.14. The molecular formula is C20H18N2O4S. The Morgan fingerprint density at radius 2 is 2.07 bits per heavy atom. The van der Waals surface area contributed by atoms with Crippen LogP contribution in [0.2, 0.25) is 0 Å². The number of hydrogen-bond donors (Lipinski definition) is 1. The van der Waals surface area contributed by atoms with Crippen molar-refractivity contribution >= 4 is 17.2 Å². The van der Waals surface area contributed by atoms with Gasteiger partial charge in [0.1, 0.15) is 12.4 Å². The molecule has 0 saturated heterocycles. The summed E-state index contributed by atoms with van der Waals surface area (Å²) in [5.41, 5.74) is 4.19. The van der Waals surface area contributed by atoms with Crippen LogP contribution in [0, 0.1) is 0 Å². The lowest BCUT2D eigenvalue weighted by molar-refractivity contribution is 0.0949. The number of aromatic nitrogens is 1. The fraction of sp³-hybridized carbons (Fsp3) is 0.200. The minimum Gasteiger partial charge on any atom is -0.486 e. The van der Waals surface area contributed by atoms with Crippen molar-refractivity contribution in [2.45, 2.75) is 13.0 Å². The van der Waals surface area contributed by atoms with Gasteiger partial charge in [-0.15, -0.1) is 11.3 Å². The minimum absolute atomic E-state index is 0.162. The Balaban J connectivity index is 1.34. The summed E-state index contributed by atoms with van der Waals surface area (Å²) in [5.74, 6) is 1.89. The van der Waals surface area contributed by atoms with Crippen LogP contribution in [0.5, 0.6) is 17.2 Å². The average molecular weight is 382 g/mol. The van der Waals surface area contributed by atoms with Crippen LogP contribution in [0.1, 0.15) is 21.6 Å². The second-order valence-corrected chi connectivity index (χ2v) is 6.68. The molecule has 0 radical (unpaired) electrons. The first kappa shape index (κ1) is 17.4. The second-order valence-electron chi connectivity index (χ2n) is 5.96. The molecule has 27 heavy (non-hydrogen) atoms. The molecule has 0 fully saturated rings. The quantitative estimate of drug-likeness (QED) is 0.678. The van der Waals surface area contributed by atoms with Gasteiger partial charge in [-0.05, 0) is 36.2 Å². The molecule has 0 saturated carbocycles. The Morgan fingerprint density at radius 1 is 1.19 bits per heavy atom. The molecule has 2 heterocycles. The van der Waals surface area contributed by atoms with Crippen LogP contribution >= 0.6 is 11.3 Å². The first-order valence-corrected chi connectivity index (χ1v) is 9.49. The average Bonchev–Trinajstić information content (AvgIpc) is 3.38. The van der Waals surface area contributed by atoms with Gasteiger partial charge in [0.05, 0.1) is 16.8 Å². The van der Waals surface area contributed by atoms with Crippen molar-refractivity contribution in [3.8, 4) is 17.2 Å². The molecule has 0 atom stereocenters. The van der Waals surface area contributed by atoms with Gasteiger partial charge in [-0.25, -0.2) is 4.98 Å². The Morgan fingerprint density at radius 3 is 2.96 bits per heavy atom. The summed E-state index contributed by atoms with van der Waals surface area (Å²) in [6.07, 6.45) is 0.699. The molecular weight excluding hydrogens is 364 g/mol. The van der Waals surface area contributed by atoms with Gasteiger partial charge in [0, 0.05) is 11.9 Å². The predicted molar refractivity (Wildman–Crippen MR) is 101 cm³/mol. The lowest BCUT2D eigenvalue weighted by atomic mass is 10.1. The standard InChI is InChI=1S/C20H18N2O4S/c23-20(21-8-7-14-5-6-18-19(9-14)26-13-25-18)16-3-1-2-4-17(16)24-10-15-11-27-12-22-15/h1-6,9,11-12H,7-8,10,13H2,(H,21,23). The Kier molecular flexibility index (Phi) is 5.20. The van der Waals surface area contributed by atoms with Gasteiger partial charge >= 0.3 is 0 Å². The number of carbonyl (C=O) groups is 1. The second kappa shape index (κ2) is 8.09. The maximum atomic E-state index is 12.6. The number of thiazole rings is 1. The summed E-state index contributed by atoms with van der Waals surface area (Å²) < 4.78 is 16.5. The maximum Gasteiger partial charge on any atom is 0.255 e. The van der Waals surface area contributed by atoms with Crippen molar-refractivity contribution < 1.29 is 19.0 Å². The van der Waals surface area contributed by atoms with E-state index >= 15 is 0 Å². The lowest BCUT2D eigenvalue weighted by Crippen LogP contribution is -2.26. The molecule has 1 aromatic heterocycles. The van der Waals surface area contributed by atoms with Crippen LogP contribution < -0.4 is 19.5 Å². The molecule has 6 nitrogen and oxygen atoms in total. The number of para-hydroxylation sites is 1. The summed E-state index contributed by atoms with van der Waals surface area (Å²) >= 11 is 1.51. The molecule has 1 N–H and O–H groups in total. The monoisotopic (exact) mass is 382 g/mol. The Labute approximate surface area is 160 Å². The zero-order chi connectivity index (χ0) is 18.5. The first-order valence-electron chi connectivity index (χ1n) is 8.55. The summed E-state index contributed by atoms with van der Waals surface area (Å²) in [6.45, 7) is 1.11. The van der Waals surface area contributed by atoms with E-state index in [1.165, 1.54) is 11.3 Å². The van der Waals surface area contributed by atoms with E-state index in [-0.39, 0.29) is 12.7 Å². The van der Waals surface area contributed by atoms with Crippen LogP contribution in [0.25, 0.3) is 0 Å². The van der Waals surface area contributed by atoms with Crippen molar-refractivity contribution in [1.82, 2.24) is 10.3 Å². The highest BCUT2D eigenvalue weighted by atomic mass is 32.1. The van der Waals surface area contributed by atoms with Crippen LogP contribution in [0.15, 0.2) is 53.4 Å². The van der Waals surface area contributed by atoms with Gasteiger partial charge < -0.3 is 19.5 Å². The van der Waals surface area contributed by atoms with Gasteiger partial charge in [0.2, 0.25) is 6.79 Å². The molecule has 1 aliphatic rings. The van der Waals surface area contributed by atoms with Crippen molar-refractivity contribution in [3.63, 3.8) is 0 Å². The minimum atomic E-state index is -0.162. The molecule has 0 unspecified atom stereocenters. The van der Waals surface area contributed by atoms with Gasteiger partial charge in [-0.1, -0.05) is 18.2 Å². The highest BCUT2D eigenvalue weighted by molar-refractivity contribution is 7.07. The van der Waals surface area contributed by atoms with E-state index in [2.05, 4.69) is 10.3 Å². The Hall–Kier alpha value is -3.06. The topological polar surface area (TPSA) is 69.7 Å². The molecule has 0 bridgehead atoms. The lowest BCUT2D eigenvalue weighted by Gasteiger charge is -2.11. The maximum absolute atomic E-state index is 12.6. The number of fused-ring (bicyclic) bond motifs is 1. The number of carbonyl (C=O) groups excluding carboxylic acids is 1. The first-order chi connectivity index (χ1) is 13.3. The summed E-state index contributed by atoms with van der Waals surface area (Å²) in [4.78, 5) is 16.7. The molecule has 3 aromatic rings. The smallest absolute Gasteiger partial charge is 0.255 e. The third kappa shape index (κ3) is 4.20. The zero-order valence-corrected chi connectivity index (χ0v) is 15.3. The van der Waals surface area contributed by atoms with Crippen molar-refractivity contribution in [1.29, 1.82) is 0 Å². The fourth-order valence-electron chi connectivity index (χ4n) is 2.75. The summed E-state index contributed by atoms with van der Waals surface area (Å²) in [6, 6.07) is 13.0. The molecule has 0 aliphatic carbocycles. The van der Waals surface area contributed by atoms with Crippen molar-refractivity contribution in [3.05, 3.63) is 70.2 Å². The van der Waals surface area contributed by atoms with Gasteiger partial charge in [-0.2, -0.15) is 0 Å². The third-order valence-electron chi connectivity index (χ3n) is 4.13. The number of ether oxygens (including phenoxy) is 3. The SMILES string of the molecule is O=C(NCCc1ccc2c(c1)OCO2)c1ccccc1OCc1cscn1. The van der Waals surface area contributed by atoms with E-state index in [0.717, 1.165) is 22.8 Å². The number of nitrogens with one attached hydrogen (secondary N) is 1. The molecule has 4 rings (SSSR count). The van der Waals surface area contributed by atoms with E-state index < -0.39 is 0 Å². The zero-order valence-electron chi connectivity index (χ0n) is 14.5. The normalized spacial score (nSPS) is 12.0. The van der Waals surface area contributed by atoms with E-state index in [9.17, 15) is 4.79 Å². The third-order valence-corrected chi connectivity index (χ3v) is 4.76. The van der Waals surface area contributed by atoms with Crippen molar-refractivity contribution in [2.75, 3.05) is 13.3 Å². The number of benzene rings is 2. The number of nitrogens with zero attached hydrogens (tertiary/aromatic N) is 1. The van der Waals surface area contributed by atoms with E-state index in [4.69, 9.17) is 14.2 Å². The van der Waals surface area contributed by atoms with Gasteiger partial charge in [0.25, 0.3) is 5.91 Å². The molecule has 2 aromatic carbocycles. The molecule has 7 heteroatoms. The highest BCUT2D eigenvalue weighted by Crippen LogP contribution is 2.32. The van der Waals surface area contributed by atoms with Crippen molar-refractivity contribution in [2.24, 2.45) is 0 Å². The molecule has 1 aliphatic heterocycles. The van der Waals surface area contributed by atoms with Crippen LogP contribution in [0.3, 0.4) is 0 Å². The molecule has 1 amide bonds. The van der Waals surface area contributed by atoms with E-state index in [0.29, 0.717) is 30.9 Å². The number of hydrogen-bond acceptors (Lipinski definition) is 6. The van der Waals surface area contributed by atoms with Gasteiger partial charge in [-0.3, -0.25) is 4.79 Å². The Bertz CT molecular complexity index is 927. The fourth-order valence-corrected chi connectivity index (χ4v) is 3.30. The van der Waals surface area contributed by atoms with Crippen LogP contribution in [-0.4, -0.2) is 24.2 Å². The van der Waals surface area contributed by atoms with Gasteiger partial charge in [0.15, 0.2) is 11.5 Å². The number of rotatable bonds is 7. The molecule has 0 spiro atoms. The largest absolute Gasteiger partial charge is 0.486 e. The predicted octanol–water partition coefficient (Wildman–Crippen LogP) is 3.42. The van der Waals surface area contributed by atoms with Crippen LogP contribution in [0.4, 0.5) is 0 Å². The van der Waals surface area contributed by atoms with E-state index in [1.807, 2.05) is 35.7 Å². The summed E-state index contributed by atoms with van der Waals surface area (Å²) in [5, 5.41) is 4.87. The summed E-state index contributed by atoms with van der Waals surface area (Å²) in [7, 11) is 0. The number of amides is 1. The molecule has 138 valence electrons. The van der Waals surface area contributed by atoms with E-state index in [1.54, 1.807) is 17.6 Å². The van der Waals surface area contributed by atoms with Crippen LogP contribution in [-0.2, 0) is 13.0 Å².